The molecule has 94 valence electrons. The molecule has 0 spiro atoms. The fraction of sp³-hybridized carbons (Fsp3) is 0.636. The van der Waals surface area contributed by atoms with Crippen molar-refractivity contribution < 1.29 is 9.53 Å². The van der Waals surface area contributed by atoms with Crippen LogP contribution in [-0.2, 0) is 4.74 Å². The predicted molar refractivity (Wildman–Crippen MR) is 63.6 cm³/mol. The molecule has 17 heavy (non-hydrogen) atoms. The molecule has 3 N–H and O–H groups in total. The van der Waals surface area contributed by atoms with Crippen molar-refractivity contribution in [3.63, 3.8) is 0 Å². The van der Waals surface area contributed by atoms with Gasteiger partial charge >= 0.3 is 0 Å². The number of carbonyl (C=O) groups is 1. The standard InChI is InChI=1S/C11H18N4O2/c1-2-17-8-4-3-5-15(7-8)11(16)9-6-13-14-10(9)12/h6,8H,2-5,7H2,1H3,(H3,12,13,14). The molecule has 1 fully saturated rings. The third-order valence-corrected chi connectivity index (χ3v) is 2.97. The summed E-state index contributed by atoms with van der Waals surface area (Å²) in [6.45, 7) is 4.04. The van der Waals surface area contributed by atoms with Crippen molar-refractivity contribution in [3.8, 4) is 0 Å². The van der Waals surface area contributed by atoms with Gasteiger partial charge in [0.1, 0.15) is 11.4 Å². The molecule has 0 aromatic carbocycles. The molecule has 1 atom stereocenters. The maximum Gasteiger partial charge on any atom is 0.259 e. The molecule has 1 aromatic rings. The number of anilines is 1. The van der Waals surface area contributed by atoms with Gasteiger partial charge in [-0.1, -0.05) is 0 Å². The number of carbonyl (C=O) groups excluding carboxylic acids is 1. The molecule has 1 amide bonds. The second kappa shape index (κ2) is 5.18. The number of nitrogens with one attached hydrogen (secondary N) is 1. The molecular weight excluding hydrogens is 220 g/mol. The number of ether oxygens (including phenoxy) is 1. The van der Waals surface area contributed by atoms with Crippen molar-refractivity contribution in [2.24, 2.45) is 0 Å². The fourth-order valence-electron chi connectivity index (χ4n) is 2.13. The zero-order valence-corrected chi connectivity index (χ0v) is 9.98. The summed E-state index contributed by atoms with van der Waals surface area (Å²) in [4.78, 5) is 13.9. The van der Waals surface area contributed by atoms with Crippen LogP contribution in [0.25, 0.3) is 0 Å². The van der Waals surface area contributed by atoms with Crippen LogP contribution in [0.3, 0.4) is 0 Å². The first-order valence-corrected chi connectivity index (χ1v) is 5.92. The average Bonchev–Trinajstić information content (AvgIpc) is 2.75. The maximum atomic E-state index is 12.2. The van der Waals surface area contributed by atoms with E-state index < -0.39 is 0 Å². The molecule has 0 radical (unpaired) electrons. The number of amides is 1. The van der Waals surface area contributed by atoms with Crippen LogP contribution in [0.4, 0.5) is 5.82 Å². The van der Waals surface area contributed by atoms with Crippen LogP contribution in [0.15, 0.2) is 6.20 Å². The maximum absolute atomic E-state index is 12.2. The average molecular weight is 238 g/mol. The van der Waals surface area contributed by atoms with Gasteiger partial charge in [-0.25, -0.2) is 0 Å². The molecule has 0 saturated carbocycles. The first-order chi connectivity index (χ1) is 8.22. The number of hydrogen-bond acceptors (Lipinski definition) is 4. The second-order valence-corrected chi connectivity index (χ2v) is 4.17. The van der Waals surface area contributed by atoms with E-state index in [1.54, 1.807) is 4.90 Å². The van der Waals surface area contributed by atoms with E-state index in [0.29, 0.717) is 24.5 Å². The minimum atomic E-state index is -0.0688. The largest absolute Gasteiger partial charge is 0.383 e. The van der Waals surface area contributed by atoms with Crippen LogP contribution >= 0.6 is 0 Å². The highest BCUT2D eigenvalue weighted by molar-refractivity contribution is 5.98. The third kappa shape index (κ3) is 2.58. The van der Waals surface area contributed by atoms with E-state index in [1.807, 2.05) is 6.92 Å². The molecule has 1 aromatic heterocycles. The van der Waals surface area contributed by atoms with Crippen molar-refractivity contribution >= 4 is 11.7 Å². The Morgan fingerprint density at radius 2 is 2.59 bits per heavy atom. The normalized spacial score (nSPS) is 20.5. The lowest BCUT2D eigenvalue weighted by molar-refractivity contribution is 0.00728. The molecule has 2 rings (SSSR count). The number of nitrogen functional groups attached to an aromatic ring is 1. The Balaban J connectivity index is 2.02. The molecule has 1 aliphatic heterocycles. The number of aromatic amines is 1. The second-order valence-electron chi connectivity index (χ2n) is 4.17. The summed E-state index contributed by atoms with van der Waals surface area (Å²) in [6.07, 6.45) is 3.60. The molecule has 1 saturated heterocycles. The molecule has 0 bridgehead atoms. The highest BCUT2D eigenvalue weighted by Gasteiger charge is 2.26. The van der Waals surface area contributed by atoms with Crippen molar-refractivity contribution in [2.45, 2.75) is 25.9 Å². The number of piperidine rings is 1. The number of nitrogens with zero attached hydrogens (tertiary/aromatic N) is 2. The van der Waals surface area contributed by atoms with Crippen LogP contribution in [0.5, 0.6) is 0 Å². The predicted octanol–water partition coefficient (Wildman–Crippen LogP) is 0.633. The van der Waals surface area contributed by atoms with Gasteiger partial charge in [0.05, 0.1) is 12.3 Å². The Bertz CT molecular complexity index is 389. The van der Waals surface area contributed by atoms with Crippen LogP contribution < -0.4 is 5.73 Å². The molecule has 0 aliphatic carbocycles. The SMILES string of the molecule is CCOC1CCCN(C(=O)c2cn[nH]c2N)C1. The highest BCUT2D eigenvalue weighted by Crippen LogP contribution is 2.17. The Hall–Kier alpha value is -1.56. The van der Waals surface area contributed by atoms with Crippen molar-refractivity contribution in [2.75, 3.05) is 25.4 Å². The molecular formula is C11H18N4O2. The summed E-state index contributed by atoms with van der Waals surface area (Å²) in [5.74, 6) is 0.259. The summed E-state index contributed by atoms with van der Waals surface area (Å²) >= 11 is 0. The number of aromatic nitrogens is 2. The Kier molecular flexibility index (Phi) is 3.63. The van der Waals surface area contributed by atoms with Gasteiger partial charge < -0.3 is 15.4 Å². The third-order valence-electron chi connectivity index (χ3n) is 2.97. The Morgan fingerprint density at radius 1 is 1.76 bits per heavy atom. The Labute approximate surface area is 100 Å². The lowest BCUT2D eigenvalue weighted by Crippen LogP contribution is -2.43. The van der Waals surface area contributed by atoms with Gasteiger partial charge in [0.25, 0.3) is 5.91 Å². The van der Waals surface area contributed by atoms with Crippen LogP contribution in [0.2, 0.25) is 0 Å². The number of H-pyrrole nitrogens is 1. The highest BCUT2D eigenvalue weighted by atomic mass is 16.5. The monoisotopic (exact) mass is 238 g/mol. The quantitative estimate of drug-likeness (QED) is 0.809. The molecule has 6 heteroatoms. The zero-order valence-electron chi connectivity index (χ0n) is 9.98. The first-order valence-electron chi connectivity index (χ1n) is 5.92. The molecule has 1 unspecified atom stereocenters. The van der Waals surface area contributed by atoms with E-state index in [2.05, 4.69) is 10.2 Å². The smallest absolute Gasteiger partial charge is 0.259 e. The summed E-state index contributed by atoms with van der Waals surface area (Å²) in [5.41, 5.74) is 6.09. The van der Waals surface area contributed by atoms with E-state index in [0.717, 1.165) is 19.4 Å². The fourth-order valence-corrected chi connectivity index (χ4v) is 2.13. The topological polar surface area (TPSA) is 84.2 Å². The van der Waals surface area contributed by atoms with Gasteiger partial charge in [-0.3, -0.25) is 9.89 Å². The van der Waals surface area contributed by atoms with Gasteiger partial charge in [0.2, 0.25) is 0 Å². The first kappa shape index (κ1) is 11.9. The summed E-state index contributed by atoms with van der Waals surface area (Å²) in [7, 11) is 0. The van der Waals surface area contributed by atoms with Crippen molar-refractivity contribution in [1.29, 1.82) is 0 Å². The van der Waals surface area contributed by atoms with Gasteiger partial charge in [-0.05, 0) is 19.8 Å². The van der Waals surface area contributed by atoms with Crippen molar-refractivity contribution in [3.05, 3.63) is 11.8 Å². The molecule has 1 aliphatic rings. The van der Waals surface area contributed by atoms with E-state index in [1.165, 1.54) is 6.20 Å². The molecule has 6 nitrogen and oxygen atoms in total. The van der Waals surface area contributed by atoms with Gasteiger partial charge in [-0.15, -0.1) is 0 Å². The van der Waals surface area contributed by atoms with Gasteiger partial charge in [0, 0.05) is 19.7 Å². The number of rotatable bonds is 3. The van der Waals surface area contributed by atoms with Gasteiger partial charge in [0.15, 0.2) is 0 Å². The molecule has 2 heterocycles. The lowest BCUT2D eigenvalue weighted by Gasteiger charge is -2.32. The van der Waals surface area contributed by atoms with E-state index in [9.17, 15) is 4.79 Å². The van der Waals surface area contributed by atoms with E-state index >= 15 is 0 Å². The van der Waals surface area contributed by atoms with Crippen molar-refractivity contribution in [1.82, 2.24) is 15.1 Å². The minimum Gasteiger partial charge on any atom is -0.383 e. The van der Waals surface area contributed by atoms with Crippen LogP contribution in [0, 0.1) is 0 Å². The minimum absolute atomic E-state index is 0.0688. The number of nitrogens with two attached hydrogens (primary N) is 1. The van der Waals surface area contributed by atoms with Crippen LogP contribution in [0.1, 0.15) is 30.1 Å². The Morgan fingerprint density at radius 3 is 3.24 bits per heavy atom. The number of hydrogen-bond donors (Lipinski definition) is 2. The lowest BCUT2D eigenvalue weighted by atomic mass is 10.1. The van der Waals surface area contributed by atoms with Crippen LogP contribution in [-0.4, -0.2) is 46.8 Å². The summed E-state index contributed by atoms with van der Waals surface area (Å²) in [5, 5.41) is 6.34. The zero-order chi connectivity index (χ0) is 12.3. The number of likely N-dealkylation sites (tertiary alicyclic amines) is 1. The summed E-state index contributed by atoms with van der Waals surface area (Å²) < 4.78 is 5.56. The van der Waals surface area contributed by atoms with Gasteiger partial charge in [-0.2, -0.15) is 5.10 Å². The summed E-state index contributed by atoms with van der Waals surface area (Å²) in [6, 6.07) is 0. The van der Waals surface area contributed by atoms with E-state index in [4.69, 9.17) is 10.5 Å². The van der Waals surface area contributed by atoms with E-state index in [-0.39, 0.29) is 12.0 Å².